The van der Waals surface area contributed by atoms with E-state index in [1.807, 2.05) is 13.0 Å². The van der Waals surface area contributed by atoms with Crippen molar-refractivity contribution in [3.8, 4) is 0 Å². The summed E-state index contributed by atoms with van der Waals surface area (Å²) in [6, 6.07) is 1.86. The van der Waals surface area contributed by atoms with Gasteiger partial charge in [0.25, 0.3) is 0 Å². The fourth-order valence-electron chi connectivity index (χ4n) is 0.969. The third kappa shape index (κ3) is 1.99. The zero-order valence-electron chi connectivity index (χ0n) is 7.52. The van der Waals surface area contributed by atoms with Crippen molar-refractivity contribution in [3.05, 3.63) is 17.5 Å². The Morgan fingerprint density at radius 3 is 3.07 bits per heavy atom. The molecule has 2 rings (SSSR count). The summed E-state index contributed by atoms with van der Waals surface area (Å²) in [6.07, 6.45) is 0. The predicted molar refractivity (Wildman–Crippen MR) is 52.9 cm³/mol. The van der Waals surface area contributed by atoms with E-state index < -0.39 is 0 Å². The molecule has 0 aliphatic heterocycles. The molecule has 0 aromatic carbocycles. The van der Waals surface area contributed by atoms with Crippen LogP contribution in [0, 0.1) is 6.92 Å². The molecule has 0 amide bonds. The second-order valence-corrected chi connectivity index (χ2v) is 3.50. The van der Waals surface area contributed by atoms with Crippen LogP contribution in [-0.2, 0) is 6.54 Å². The van der Waals surface area contributed by atoms with Crippen molar-refractivity contribution in [3.63, 3.8) is 0 Å². The lowest BCUT2D eigenvalue weighted by Crippen LogP contribution is -1.97. The number of aromatic nitrogens is 3. The summed E-state index contributed by atoms with van der Waals surface area (Å²) in [5.74, 6) is 1.04. The standard InChI is InChI=1S/C7H9N5OS/c1-4-2-5(13-11-4)3-9-7-10-6(8)12-14-7/h2H,3H2,1H3,(H3,8,9,10,12). The van der Waals surface area contributed by atoms with Gasteiger partial charge in [0.1, 0.15) is 0 Å². The summed E-state index contributed by atoms with van der Waals surface area (Å²) in [4.78, 5) is 3.94. The van der Waals surface area contributed by atoms with E-state index in [-0.39, 0.29) is 5.95 Å². The average Bonchev–Trinajstić information content (AvgIpc) is 2.72. The second-order valence-electron chi connectivity index (χ2n) is 2.75. The number of aryl methyl sites for hydroxylation is 1. The molecule has 0 aliphatic rings. The maximum atomic E-state index is 5.36. The molecule has 0 atom stereocenters. The van der Waals surface area contributed by atoms with Gasteiger partial charge in [0.15, 0.2) is 5.76 Å². The predicted octanol–water partition coefficient (Wildman–Crippen LogP) is 1.03. The minimum Gasteiger partial charge on any atom is -0.367 e. The monoisotopic (exact) mass is 211 g/mol. The van der Waals surface area contributed by atoms with Crippen molar-refractivity contribution in [2.75, 3.05) is 11.1 Å². The van der Waals surface area contributed by atoms with Crippen molar-refractivity contribution in [2.45, 2.75) is 13.5 Å². The maximum absolute atomic E-state index is 5.36. The molecule has 6 nitrogen and oxygen atoms in total. The Labute approximate surface area is 84.3 Å². The van der Waals surface area contributed by atoms with Crippen molar-refractivity contribution in [2.24, 2.45) is 0 Å². The number of rotatable bonds is 3. The zero-order valence-corrected chi connectivity index (χ0v) is 8.34. The highest BCUT2D eigenvalue weighted by atomic mass is 32.1. The van der Waals surface area contributed by atoms with Crippen molar-refractivity contribution < 1.29 is 4.52 Å². The number of nitrogens with one attached hydrogen (secondary N) is 1. The van der Waals surface area contributed by atoms with Crippen LogP contribution in [0.15, 0.2) is 10.6 Å². The van der Waals surface area contributed by atoms with Crippen LogP contribution in [0.2, 0.25) is 0 Å². The molecule has 0 fully saturated rings. The van der Waals surface area contributed by atoms with Crippen LogP contribution in [-0.4, -0.2) is 14.5 Å². The maximum Gasteiger partial charge on any atom is 0.233 e. The lowest BCUT2D eigenvalue weighted by Gasteiger charge is -1.95. The fraction of sp³-hybridized carbons (Fsp3) is 0.286. The van der Waals surface area contributed by atoms with E-state index in [1.165, 1.54) is 11.5 Å². The Bertz CT molecular complexity index is 383. The molecule has 0 unspecified atom stereocenters. The SMILES string of the molecule is Cc1cc(CNc2nc(N)ns2)on1. The molecule has 0 bridgehead atoms. The third-order valence-electron chi connectivity index (χ3n) is 1.53. The molecule has 2 heterocycles. The van der Waals surface area contributed by atoms with E-state index in [1.54, 1.807) is 0 Å². The van der Waals surface area contributed by atoms with E-state index in [9.17, 15) is 0 Å². The lowest BCUT2D eigenvalue weighted by molar-refractivity contribution is 0.384. The Hall–Kier alpha value is -1.63. The third-order valence-corrected chi connectivity index (χ3v) is 2.22. The molecule has 0 aliphatic carbocycles. The second kappa shape index (κ2) is 3.62. The van der Waals surface area contributed by atoms with Gasteiger partial charge < -0.3 is 15.6 Å². The quantitative estimate of drug-likeness (QED) is 0.788. The number of hydrogen-bond acceptors (Lipinski definition) is 7. The molecule has 2 aromatic heterocycles. The van der Waals surface area contributed by atoms with Crippen molar-refractivity contribution in [1.29, 1.82) is 0 Å². The van der Waals surface area contributed by atoms with Crippen LogP contribution in [0.1, 0.15) is 11.5 Å². The minimum atomic E-state index is 0.284. The normalized spacial score (nSPS) is 10.4. The number of anilines is 2. The highest BCUT2D eigenvalue weighted by Gasteiger charge is 2.03. The Morgan fingerprint density at radius 2 is 2.50 bits per heavy atom. The van der Waals surface area contributed by atoms with Gasteiger partial charge in [0.2, 0.25) is 11.1 Å². The van der Waals surface area contributed by atoms with Gasteiger partial charge in [-0.25, -0.2) is 0 Å². The van der Waals surface area contributed by atoms with Gasteiger partial charge >= 0.3 is 0 Å². The molecule has 0 radical (unpaired) electrons. The molecule has 0 saturated carbocycles. The Kier molecular flexibility index (Phi) is 2.32. The molecule has 0 spiro atoms. The van der Waals surface area contributed by atoms with Gasteiger partial charge in [0, 0.05) is 17.6 Å². The summed E-state index contributed by atoms with van der Waals surface area (Å²) < 4.78 is 8.84. The minimum absolute atomic E-state index is 0.284. The summed E-state index contributed by atoms with van der Waals surface area (Å²) in [5.41, 5.74) is 6.22. The number of hydrogen-bond donors (Lipinski definition) is 2. The van der Waals surface area contributed by atoms with Crippen LogP contribution < -0.4 is 11.1 Å². The molecule has 0 saturated heterocycles. The smallest absolute Gasteiger partial charge is 0.233 e. The highest BCUT2D eigenvalue weighted by Crippen LogP contribution is 2.13. The molecule has 3 N–H and O–H groups in total. The lowest BCUT2D eigenvalue weighted by atomic mass is 10.4. The fourth-order valence-corrected chi connectivity index (χ4v) is 1.46. The van der Waals surface area contributed by atoms with E-state index in [0.29, 0.717) is 11.7 Å². The number of nitrogen functional groups attached to an aromatic ring is 1. The molecular weight excluding hydrogens is 202 g/mol. The van der Waals surface area contributed by atoms with Crippen molar-refractivity contribution >= 4 is 22.6 Å². The van der Waals surface area contributed by atoms with Gasteiger partial charge in [-0.3, -0.25) is 0 Å². The molecular formula is C7H9N5OS. The molecule has 14 heavy (non-hydrogen) atoms. The summed E-state index contributed by atoms with van der Waals surface area (Å²) in [7, 11) is 0. The first-order valence-electron chi connectivity index (χ1n) is 3.99. The Balaban J connectivity index is 1.94. The number of nitrogens with zero attached hydrogens (tertiary/aromatic N) is 3. The van der Waals surface area contributed by atoms with E-state index in [0.717, 1.165) is 11.5 Å². The van der Waals surface area contributed by atoms with Crippen LogP contribution in [0.3, 0.4) is 0 Å². The average molecular weight is 211 g/mol. The van der Waals surface area contributed by atoms with Gasteiger partial charge in [-0.05, 0) is 6.92 Å². The van der Waals surface area contributed by atoms with E-state index in [2.05, 4.69) is 19.8 Å². The highest BCUT2D eigenvalue weighted by molar-refractivity contribution is 7.09. The van der Waals surface area contributed by atoms with Crippen LogP contribution in [0.4, 0.5) is 11.1 Å². The zero-order chi connectivity index (χ0) is 9.97. The van der Waals surface area contributed by atoms with Crippen LogP contribution >= 0.6 is 11.5 Å². The van der Waals surface area contributed by atoms with Crippen LogP contribution in [0.25, 0.3) is 0 Å². The van der Waals surface area contributed by atoms with Gasteiger partial charge in [0.05, 0.1) is 12.2 Å². The summed E-state index contributed by atoms with van der Waals surface area (Å²) in [6.45, 7) is 2.41. The largest absolute Gasteiger partial charge is 0.367 e. The van der Waals surface area contributed by atoms with E-state index in [4.69, 9.17) is 10.3 Å². The first-order valence-corrected chi connectivity index (χ1v) is 4.76. The first-order chi connectivity index (χ1) is 6.74. The molecule has 74 valence electrons. The van der Waals surface area contributed by atoms with Gasteiger partial charge in [-0.15, -0.1) is 0 Å². The van der Waals surface area contributed by atoms with Gasteiger partial charge in [-0.1, -0.05) is 5.16 Å². The number of nitrogens with two attached hydrogens (primary N) is 1. The van der Waals surface area contributed by atoms with E-state index >= 15 is 0 Å². The topological polar surface area (TPSA) is 89.9 Å². The van der Waals surface area contributed by atoms with Crippen molar-refractivity contribution in [1.82, 2.24) is 14.5 Å². The Morgan fingerprint density at radius 1 is 1.64 bits per heavy atom. The summed E-state index contributed by atoms with van der Waals surface area (Å²) >= 11 is 1.22. The van der Waals surface area contributed by atoms with Crippen LogP contribution in [0.5, 0.6) is 0 Å². The van der Waals surface area contributed by atoms with Gasteiger partial charge in [-0.2, -0.15) is 9.36 Å². The summed E-state index contributed by atoms with van der Waals surface area (Å²) in [5, 5.41) is 7.47. The first kappa shape index (κ1) is 8.95. The molecule has 7 heteroatoms. The molecule has 2 aromatic rings.